The highest BCUT2D eigenvalue weighted by Crippen LogP contribution is 2.18. The molecule has 1 amide bonds. The van der Waals surface area contributed by atoms with E-state index in [1.54, 1.807) is 7.05 Å². The fourth-order valence-electron chi connectivity index (χ4n) is 3.07. The molecular weight excluding hydrogens is 505 g/mol. The van der Waals surface area contributed by atoms with Gasteiger partial charge in [-0.25, -0.2) is 0 Å². The average Bonchev–Trinajstić information content (AvgIpc) is 2.62. The Hall–Kier alpha value is -1.26. The smallest absolute Gasteiger partial charge is 0.234 e. The molecule has 164 valence electrons. The van der Waals surface area contributed by atoms with Gasteiger partial charge in [0.1, 0.15) is 11.9 Å². The second-order valence-electron chi connectivity index (χ2n) is 7.30. The zero-order chi connectivity index (χ0) is 20.5. The van der Waals surface area contributed by atoms with Crippen LogP contribution in [0.5, 0.6) is 5.75 Å². The van der Waals surface area contributed by atoms with Crippen LogP contribution in [0, 0.1) is 0 Å². The van der Waals surface area contributed by atoms with E-state index < -0.39 is 0 Å². The lowest BCUT2D eigenvalue weighted by atomic mass is 10.3. The lowest BCUT2D eigenvalue weighted by molar-refractivity contribution is -0.123. The van der Waals surface area contributed by atoms with Gasteiger partial charge in [-0.3, -0.25) is 14.7 Å². The summed E-state index contributed by atoms with van der Waals surface area (Å²) in [5.74, 6) is 1.69. The van der Waals surface area contributed by atoms with Crippen LogP contribution in [0.4, 0.5) is 0 Å². The van der Waals surface area contributed by atoms with E-state index in [0.717, 1.165) is 37.9 Å². The van der Waals surface area contributed by atoms with Gasteiger partial charge in [-0.2, -0.15) is 0 Å². The summed E-state index contributed by atoms with van der Waals surface area (Å²) in [5.41, 5.74) is 0. The number of hydrogen-bond donors (Lipinski definition) is 2. The Balaban J connectivity index is 0.00000420. The molecule has 1 unspecified atom stereocenters. The zero-order valence-corrected chi connectivity index (χ0v) is 20.7. The van der Waals surface area contributed by atoms with E-state index in [1.807, 2.05) is 45.0 Å². The van der Waals surface area contributed by atoms with E-state index in [2.05, 4.69) is 25.4 Å². The molecule has 7 nitrogen and oxygen atoms in total. The summed E-state index contributed by atoms with van der Waals surface area (Å²) >= 11 is 6.00. The van der Waals surface area contributed by atoms with Crippen molar-refractivity contribution in [2.75, 3.05) is 46.3 Å². The third-order valence-corrected chi connectivity index (χ3v) is 4.62. The number of ether oxygens (including phenoxy) is 1. The van der Waals surface area contributed by atoms with Crippen molar-refractivity contribution in [2.45, 2.75) is 32.9 Å². The van der Waals surface area contributed by atoms with Crippen LogP contribution in [0.3, 0.4) is 0 Å². The SMILES string of the molecule is CN=C(NCC(C)Oc1cccc(Cl)c1)N1CCN(CC(=O)NC(C)C)CC1.I. The average molecular weight is 538 g/mol. The van der Waals surface area contributed by atoms with Gasteiger partial charge in [-0.05, 0) is 39.0 Å². The predicted octanol–water partition coefficient (Wildman–Crippen LogP) is 2.44. The van der Waals surface area contributed by atoms with Crippen LogP contribution in [-0.2, 0) is 4.79 Å². The van der Waals surface area contributed by atoms with E-state index in [0.29, 0.717) is 18.1 Å². The molecule has 1 fully saturated rings. The molecule has 2 N–H and O–H groups in total. The Kier molecular flexibility index (Phi) is 11.7. The van der Waals surface area contributed by atoms with Gasteiger partial charge in [0.05, 0.1) is 13.1 Å². The maximum atomic E-state index is 11.9. The third-order valence-electron chi connectivity index (χ3n) is 4.38. The van der Waals surface area contributed by atoms with Crippen molar-refractivity contribution in [3.05, 3.63) is 29.3 Å². The minimum atomic E-state index is -0.0313. The molecular formula is C20H33ClIN5O2. The summed E-state index contributed by atoms with van der Waals surface area (Å²) in [4.78, 5) is 20.7. The first-order valence-electron chi connectivity index (χ1n) is 9.77. The lowest BCUT2D eigenvalue weighted by Crippen LogP contribution is -2.55. The third kappa shape index (κ3) is 9.39. The van der Waals surface area contributed by atoms with Gasteiger partial charge in [-0.15, -0.1) is 24.0 Å². The van der Waals surface area contributed by atoms with Crippen LogP contribution in [0.25, 0.3) is 0 Å². The number of nitrogens with zero attached hydrogens (tertiary/aromatic N) is 3. The molecule has 1 aliphatic rings. The van der Waals surface area contributed by atoms with Gasteiger partial charge in [0.2, 0.25) is 5.91 Å². The molecule has 1 aromatic carbocycles. The Bertz CT molecular complexity index is 666. The number of carbonyl (C=O) groups is 1. The summed E-state index contributed by atoms with van der Waals surface area (Å²) in [7, 11) is 1.79. The van der Waals surface area contributed by atoms with Crippen molar-refractivity contribution in [2.24, 2.45) is 4.99 Å². The Morgan fingerprint density at radius 2 is 1.93 bits per heavy atom. The fourth-order valence-corrected chi connectivity index (χ4v) is 3.25. The molecule has 1 atom stereocenters. The minimum Gasteiger partial charge on any atom is -0.489 e. The number of amides is 1. The van der Waals surface area contributed by atoms with Gasteiger partial charge in [-0.1, -0.05) is 17.7 Å². The number of benzene rings is 1. The van der Waals surface area contributed by atoms with Crippen LogP contribution < -0.4 is 15.4 Å². The van der Waals surface area contributed by atoms with Gasteiger partial charge in [0.25, 0.3) is 0 Å². The van der Waals surface area contributed by atoms with Gasteiger partial charge in [0, 0.05) is 44.3 Å². The monoisotopic (exact) mass is 537 g/mol. The van der Waals surface area contributed by atoms with E-state index in [-0.39, 0.29) is 42.0 Å². The Morgan fingerprint density at radius 3 is 2.52 bits per heavy atom. The number of halogens is 2. The van der Waals surface area contributed by atoms with Crippen molar-refractivity contribution in [3.8, 4) is 5.75 Å². The standard InChI is InChI=1S/C20H32ClN5O2.HI/c1-15(2)24-19(27)14-25-8-10-26(11-9-25)20(22-4)23-13-16(3)28-18-7-5-6-17(21)12-18;/h5-7,12,15-16H,8-11,13-14H2,1-4H3,(H,22,23)(H,24,27);1H. The molecule has 0 bridgehead atoms. The van der Waals surface area contributed by atoms with Crippen LogP contribution in [-0.4, -0.2) is 80.1 Å². The second kappa shape index (κ2) is 13.1. The molecule has 9 heteroatoms. The van der Waals surface area contributed by atoms with Crippen molar-refractivity contribution < 1.29 is 9.53 Å². The molecule has 1 aromatic rings. The predicted molar refractivity (Wildman–Crippen MR) is 130 cm³/mol. The number of nitrogens with one attached hydrogen (secondary N) is 2. The highest BCUT2D eigenvalue weighted by molar-refractivity contribution is 14.0. The number of carbonyl (C=O) groups excluding carboxylic acids is 1. The first kappa shape index (κ1) is 25.8. The van der Waals surface area contributed by atoms with Crippen LogP contribution >= 0.6 is 35.6 Å². The number of rotatable bonds is 7. The van der Waals surface area contributed by atoms with Crippen molar-refractivity contribution >= 4 is 47.4 Å². The molecule has 0 saturated carbocycles. The molecule has 29 heavy (non-hydrogen) atoms. The Labute approximate surface area is 196 Å². The normalized spacial score (nSPS) is 16.2. The summed E-state index contributed by atoms with van der Waals surface area (Å²) in [5, 5.41) is 6.98. The largest absolute Gasteiger partial charge is 0.489 e. The summed E-state index contributed by atoms with van der Waals surface area (Å²) < 4.78 is 5.90. The summed E-state index contributed by atoms with van der Waals surface area (Å²) in [6.07, 6.45) is -0.0313. The second-order valence-corrected chi connectivity index (χ2v) is 7.74. The highest BCUT2D eigenvalue weighted by Gasteiger charge is 2.21. The summed E-state index contributed by atoms with van der Waals surface area (Å²) in [6, 6.07) is 7.57. The molecule has 1 aliphatic heterocycles. The maximum Gasteiger partial charge on any atom is 0.234 e. The van der Waals surface area contributed by atoms with Gasteiger partial charge in [0.15, 0.2) is 5.96 Å². The maximum absolute atomic E-state index is 11.9. The Morgan fingerprint density at radius 1 is 1.24 bits per heavy atom. The van der Waals surface area contributed by atoms with Crippen molar-refractivity contribution in [1.82, 2.24) is 20.4 Å². The van der Waals surface area contributed by atoms with E-state index in [1.165, 1.54) is 0 Å². The zero-order valence-electron chi connectivity index (χ0n) is 17.7. The summed E-state index contributed by atoms with van der Waals surface area (Å²) in [6.45, 7) is 10.4. The molecule has 0 radical (unpaired) electrons. The van der Waals surface area contributed by atoms with Crippen LogP contribution in [0.1, 0.15) is 20.8 Å². The first-order chi connectivity index (χ1) is 13.4. The first-order valence-corrected chi connectivity index (χ1v) is 10.1. The number of guanidine groups is 1. The minimum absolute atomic E-state index is 0. The molecule has 1 heterocycles. The molecule has 0 aliphatic carbocycles. The number of aliphatic imine (C=N–C) groups is 1. The quantitative estimate of drug-likeness (QED) is 0.318. The van der Waals surface area contributed by atoms with Gasteiger partial charge < -0.3 is 20.3 Å². The highest BCUT2D eigenvalue weighted by atomic mass is 127. The van der Waals surface area contributed by atoms with E-state index in [9.17, 15) is 4.79 Å². The van der Waals surface area contributed by atoms with E-state index >= 15 is 0 Å². The van der Waals surface area contributed by atoms with Crippen LogP contribution in [0.15, 0.2) is 29.3 Å². The van der Waals surface area contributed by atoms with Gasteiger partial charge >= 0.3 is 0 Å². The topological polar surface area (TPSA) is 69.2 Å². The number of piperazine rings is 1. The number of hydrogen-bond acceptors (Lipinski definition) is 4. The van der Waals surface area contributed by atoms with Crippen molar-refractivity contribution in [1.29, 1.82) is 0 Å². The lowest BCUT2D eigenvalue weighted by Gasteiger charge is -2.36. The molecule has 0 aromatic heterocycles. The van der Waals surface area contributed by atoms with Crippen molar-refractivity contribution in [3.63, 3.8) is 0 Å². The van der Waals surface area contributed by atoms with E-state index in [4.69, 9.17) is 16.3 Å². The van der Waals surface area contributed by atoms with Crippen LogP contribution in [0.2, 0.25) is 5.02 Å². The molecule has 1 saturated heterocycles. The fraction of sp³-hybridized carbons (Fsp3) is 0.600. The molecule has 2 rings (SSSR count). The molecule has 0 spiro atoms.